The zero-order valence-corrected chi connectivity index (χ0v) is 13.7. The molecular weight excluding hydrogens is 292 g/mol. The number of carbonyl (C=O) groups is 1. The zero-order chi connectivity index (χ0) is 15.6. The van der Waals surface area contributed by atoms with E-state index in [0.717, 1.165) is 65.1 Å². The Kier molecular flexibility index (Phi) is 4.35. The highest BCUT2D eigenvalue weighted by atomic mass is 16.5. The number of ether oxygens (including phenoxy) is 1. The lowest BCUT2D eigenvalue weighted by Gasteiger charge is -2.40. The second-order valence-electron chi connectivity index (χ2n) is 6.99. The molecule has 0 saturated carbocycles. The molecule has 0 unspecified atom stereocenters. The van der Waals surface area contributed by atoms with Gasteiger partial charge < -0.3 is 9.64 Å². The van der Waals surface area contributed by atoms with Gasteiger partial charge in [-0.3, -0.25) is 14.4 Å². The van der Waals surface area contributed by atoms with Crippen molar-refractivity contribution in [3.05, 3.63) is 18.0 Å². The van der Waals surface area contributed by atoms with Crippen molar-refractivity contribution in [1.82, 2.24) is 19.6 Å². The summed E-state index contributed by atoms with van der Waals surface area (Å²) < 4.78 is 7.59. The van der Waals surface area contributed by atoms with Crippen LogP contribution in [0.15, 0.2) is 12.3 Å². The summed E-state index contributed by atoms with van der Waals surface area (Å²) in [6, 6.07) is 2.85. The molecular formula is C17H26N4O2. The molecule has 1 aromatic rings. The van der Waals surface area contributed by atoms with E-state index in [0.29, 0.717) is 18.4 Å². The number of hydrogen-bond donors (Lipinski definition) is 0. The van der Waals surface area contributed by atoms with Crippen molar-refractivity contribution >= 4 is 5.91 Å². The number of hydrogen-bond acceptors (Lipinski definition) is 4. The minimum atomic E-state index is 0.171. The van der Waals surface area contributed by atoms with Crippen LogP contribution in [0.4, 0.5) is 0 Å². The van der Waals surface area contributed by atoms with Gasteiger partial charge in [0.1, 0.15) is 0 Å². The van der Waals surface area contributed by atoms with Crippen LogP contribution in [0.1, 0.15) is 43.8 Å². The highest BCUT2D eigenvalue weighted by Crippen LogP contribution is 2.28. The number of nitrogens with zero attached hydrogens (tertiary/aromatic N) is 4. The van der Waals surface area contributed by atoms with Crippen LogP contribution in [-0.4, -0.2) is 64.4 Å². The molecule has 2 fully saturated rings. The Bertz CT molecular complexity index is 547. The molecule has 4 rings (SSSR count). The molecule has 0 aliphatic carbocycles. The van der Waals surface area contributed by atoms with Gasteiger partial charge in [-0.25, -0.2) is 0 Å². The Hall–Kier alpha value is -1.40. The number of fused-ring (bicyclic) bond motifs is 1. The van der Waals surface area contributed by atoms with Gasteiger partial charge in [-0.05, 0) is 31.7 Å². The van der Waals surface area contributed by atoms with E-state index in [1.807, 2.05) is 11.1 Å². The van der Waals surface area contributed by atoms with Crippen molar-refractivity contribution in [3.8, 4) is 0 Å². The van der Waals surface area contributed by atoms with Crippen molar-refractivity contribution in [2.24, 2.45) is 0 Å². The third kappa shape index (κ3) is 3.15. The lowest BCUT2D eigenvalue weighted by molar-refractivity contribution is -0.131. The van der Waals surface area contributed by atoms with Crippen LogP contribution < -0.4 is 0 Å². The second kappa shape index (κ2) is 6.61. The Morgan fingerprint density at radius 2 is 2.04 bits per heavy atom. The fourth-order valence-corrected chi connectivity index (χ4v) is 4.19. The van der Waals surface area contributed by atoms with Gasteiger partial charge >= 0.3 is 0 Å². The molecule has 0 bridgehead atoms. The molecule has 1 aromatic heterocycles. The Labute approximate surface area is 137 Å². The summed E-state index contributed by atoms with van der Waals surface area (Å²) in [5.74, 6) is 0.294. The topological polar surface area (TPSA) is 50.6 Å². The minimum Gasteiger partial charge on any atom is -0.381 e. The van der Waals surface area contributed by atoms with Gasteiger partial charge in [0.15, 0.2) is 0 Å². The highest BCUT2D eigenvalue weighted by Gasteiger charge is 2.33. The maximum absolute atomic E-state index is 12.6. The maximum Gasteiger partial charge on any atom is 0.224 e. The molecule has 4 heterocycles. The monoisotopic (exact) mass is 318 g/mol. The Morgan fingerprint density at radius 3 is 2.83 bits per heavy atom. The lowest BCUT2D eigenvalue weighted by atomic mass is 10.0. The van der Waals surface area contributed by atoms with Crippen LogP contribution in [0.3, 0.4) is 0 Å². The van der Waals surface area contributed by atoms with Crippen LogP contribution in [-0.2, 0) is 16.1 Å². The van der Waals surface area contributed by atoms with E-state index in [2.05, 4.69) is 20.7 Å². The summed E-state index contributed by atoms with van der Waals surface area (Å²) in [6.45, 7) is 5.45. The van der Waals surface area contributed by atoms with Crippen molar-refractivity contribution in [1.29, 1.82) is 0 Å². The van der Waals surface area contributed by atoms with Crippen molar-refractivity contribution in [2.45, 2.75) is 50.7 Å². The predicted molar refractivity (Wildman–Crippen MR) is 85.9 cm³/mol. The maximum atomic E-state index is 12.6. The molecule has 0 N–H and O–H groups in total. The van der Waals surface area contributed by atoms with Crippen LogP contribution in [0.25, 0.3) is 0 Å². The van der Waals surface area contributed by atoms with Gasteiger partial charge in [0.05, 0.1) is 18.2 Å². The van der Waals surface area contributed by atoms with E-state index in [4.69, 9.17) is 4.74 Å². The van der Waals surface area contributed by atoms with E-state index in [1.54, 1.807) is 0 Å². The van der Waals surface area contributed by atoms with Crippen LogP contribution in [0.2, 0.25) is 0 Å². The first-order chi connectivity index (χ1) is 11.3. The number of aromatic nitrogens is 2. The van der Waals surface area contributed by atoms with E-state index in [9.17, 15) is 4.79 Å². The van der Waals surface area contributed by atoms with Gasteiger partial charge in [-0.2, -0.15) is 5.10 Å². The molecule has 2 saturated heterocycles. The quantitative estimate of drug-likeness (QED) is 0.846. The van der Waals surface area contributed by atoms with Gasteiger partial charge in [0, 0.05) is 51.6 Å². The van der Waals surface area contributed by atoms with E-state index in [-0.39, 0.29) is 6.04 Å². The minimum absolute atomic E-state index is 0.171. The Balaban J connectivity index is 1.47. The first kappa shape index (κ1) is 15.1. The summed E-state index contributed by atoms with van der Waals surface area (Å²) in [4.78, 5) is 17.1. The average Bonchev–Trinajstić information content (AvgIpc) is 3.27. The van der Waals surface area contributed by atoms with Crippen molar-refractivity contribution in [3.63, 3.8) is 0 Å². The summed E-state index contributed by atoms with van der Waals surface area (Å²) in [5.41, 5.74) is 1.24. The zero-order valence-electron chi connectivity index (χ0n) is 13.7. The number of likely N-dealkylation sites (tertiary alicyclic amines) is 1. The molecule has 0 aromatic carbocycles. The molecule has 6 heteroatoms. The average molecular weight is 318 g/mol. The fraction of sp³-hybridized carbons (Fsp3) is 0.765. The standard InChI is InChI=1S/C17H26N4O2/c22-17(19-7-1-2-8-19)11-16-13-20(14-4-9-23-10-5-14)12-15-3-6-18-21(15)16/h3,6,14,16H,1-2,4-5,7-13H2/t16-/m0/s1. The van der Waals surface area contributed by atoms with E-state index < -0.39 is 0 Å². The smallest absolute Gasteiger partial charge is 0.224 e. The van der Waals surface area contributed by atoms with Gasteiger partial charge in [0.2, 0.25) is 5.91 Å². The largest absolute Gasteiger partial charge is 0.381 e. The number of rotatable bonds is 3. The van der Waals surface area contributed by atoms with Gasteiger partial charge in [0.25, 0.3) is 0 Å². The first-order valence-corrected chi connectivity index (χ1v) is 8.93. The predicted octanol–water partition coefficient (Wildman–Crippen LogP) is 1.43. The van der Waals surface area contributed by atoms with Crippen molar-refractivity contribution < 1.29 is 9.53 Å². The molecule has 126 valence electrons. The molecule has 6 nitrogen and oxygen atoms in total. The fourth-order valence-electron chi connectivity index (χ4n) is 4.19. The molecule has 0 spiro atoms. The molecule has 1 atom stereocenters. The van der Waals surface area contributed by atoms with Gasteiger partial charge in [-0.15, -0.1) is 0 Å². The molecule has 1 amide bonds. The van der Waals surface area contributed by atoms with E-state index >= 15 is 0 Å². The molecule has 3 aliphatic rings. The van der Waals surface area contributed by atoms with Gasteiger partial charge in [-0.1, -0.05) is 0 Å². The SMILES string of the molecule is O=C(C[C@H]1CN(C2CCOCC2)Cc2ccnn21)N1CCCC1. The third-order valence-corrected chi connectivity index (χ3v) is 5.48. The summed E-state index contributed by atoms with van der Waals surface area (Å²) in [7, 11) is 0. The molecule has 3 aliphatic heterocycles. The second-order valence-corrected chi connectivity index (χ2v) is 6.99. The van der Waals surface area contributed by atoms with Crippen LogP contribution in [0, 0.1) is 0 Å². The first-order valence-electron chi connectivity index (χ1n) is 8.93. The summed E-state index contributed by atoms with van der Waals surface area (Å²) in [6.07, 6.45) is 6.95. The highest BCUT2D eigenvalue weighted by molar-refractivity contribution is 5.76. The normalized spacial score (nSPS) is 26.4. The lowest BCUT2D eigenvalue weighted by Crippen LogP contribution is -2.46. The molecule has 0 radical (unpaired) electrons. The molecule has 23 heavy (non-hydrogen) atoms. The third-order valence-electron chi connectivity index (χ3n) is 5.48. The summed E-state index contributed by atoms with van der Waals surface area (Å²) >= 11 is 0. The van der Waals surface area contributed by atoms with E-state index in [1.165, 1.54) is 5.69 Å². The summed E-state index contributed by atoms with van der Waals surface area (Å²) in [5, 5.41) is 4.49. The van der Waals surface area contributed by atoms with Crippen LogP contribution in [0.5, 0.6) is 0 Å². The van der Waals surface area contributed by atoms with Crippen LogP contribution >= 0.6 is 0 Å². The Morgan fingerprint density at radius 1 is 1.26 bits per heavy atom. The number of amides is 1. The number of carbonyl (C=O) groups excluding carboxylic acids is 1. The van der Waals surface area contributed by atoms with Crippen molar-refractivity contribution in [2.75, 3.05) is 32.8 Å².